The van der Waals surface area contributed by atoms with Crippen LogP contribution in [0.3, 0.4) is 0 Å². The molecular weight excluding hydrogens is 218 g/mol. The van der Waals surface area contributed by atoms with E-state index in [4.69, 9.17) is 5.11 Å². The summed E-state index contributed by atoms with van der Waals surface area (Å²) in [6, 6.07) is 0.0647. The molecule has 0 aromatic carbocycles. The molecule has 0 bridgehead atoms. The van der Waals surface area contributed by atoms with Gasteiger partial charge in [-0.2, -0.15) is 0 Å². The van der Waals surface area contributed by atoms with E-state index in [-0.39, 0.29) is 0 Å². The summed E-state index contributed by atoms with van der Waals surface area (Å²) in [5, 5.41) is 12.2. The lowest BCUT2D eigenvalue weighted by Gasteiger charge is -2.38. The van der Waals surface area contributed by atoms with Crippen molar-refractivity contribution in [1.29, 1.82) is 0 Å². The molecule has 0 amide bonds. The molecule has 17 heavy (non-hydrogen) atoms. The van der Waals surface area contributed by atoms with Gasteiger partial charge in [0.2, 0.25) is 0 Å². The van der Waals surface area contributed by atoms with Crippen LogP contribution in [0.4, 0.5) is 0 Å². The maximum absolute atomic E-state index is 11.1. The monoisotopic (exact) mass is 243 g/mol. The minimum atomic E-state index is -0.745. The highest BCUT2D eigenvalue weighted by atomic mass is 16.4. The van der Waals surface area contributed by atoms with Crippen molar-refractivity contribution in [2.75, 3.05) is 39.8 Å². The molecule has 2 N–H and O–H groups in total. The van der Waals surface area contributed by atoms with E-state index in [1.165, 1.54) is 0 Å². The fourth-order valence-electron chi connectivity index (χ4n) is 2.10. The summed E-state index contributed by atoms with van der Waals surface area (Å²) >= 11 is 0. The molecule has 1 aliphatic rings. The molecule has 1 saturated heterocycles. The van der Waals surface area contributed by atoms with Gasteiger partial charge < -0.3 is 15.3 Å². The van der Waals surface area contributed by atoms with Crippen molar-refractivity contribution in [3.05, 3.63) is 0 Å². The standard InChI is InChI=1S/C12H25N3O2/c1-4-5-13-11(12(16)17)9-15-7-6-14(3)10(2)8-15/h10-11,13H,4-9H2,1-3H3,(H,16,17). The van der Waals surface area contributed by atoms with Gasteiger partial charge in [-0.15, -0.1) is 0 Å². The van der Waals surface area contributed by atoms with Crippen molar-refractivity contribution in [1.82, 2.24) is 15.1 Å². The molecular formula is C12H25N3O2. The zero-order chi connectivity index (χ0) is 12.8. The van der Waals surface area contributed by atoms with Crippen LogP contribution in [0.5, 0.6) is 0 Å². The Bertz CT molecular complexity index is 248. The van der Waals surface area contributed by atoms with Gasteiger partial charge >= 0.3 is 5.97 Å². The Balaban J connectivity index is 2.41. The number of piperazine rings is 1. The van der Waals surface area contributed by atoms with Crippen molar-refractivity contribution in [3.8, 4) is 0 Å². The molecule has 5 heteroatoms. The maximum Gasteiger partial charge on any atom is 0.322 e. The lowest BCUT2D eigenvalue weighted by molar-refractivity contribution is -0.140. The van der Waals surface area contributed by atoms with E-state index in [1.807, 2.05) is 6.92 Å². The Kier molecular flexibility index (Phi) is 5.88. The molecule has 0 saturated carbocycles. The fourth-order valence-corrected chi connectivity index (χ4v) is 2.10. The van der Waals surface area contributed by atoms with Gasteiger partial charge in [-0.05, 0) is 26.9 Å². The van der Waals surface area contributed by atoms with Gasteiger partial charge in [0.15, 0.2) is 0 Å². The summed E-state index contributed by atoms with van der Waals surface area (Å²) in [5.74, 6) is -0.745. The summed E-state index contributed by atoms with van der Waals surface area (Å²) in [4.78, 5) is 15.7. The molecule has 0 spiro atoms. The van der Waals surface area contributed by atoms with Gasteiger partial charge in [-0.3, -0.25) is 9.69 Å². The van der Waals surface area contributed by atoms with E-state index in [9.17, 15) is 4.79 Å². The molecule has 2 unspecified atom stereocenters. The molecule has 1 aliphatic heterocycles. The molecule has 0 radical (unpaired) electrons. The highest BCUT2D eigenvalue weighted by molar-refractivity contribution is 5.73. The van der Waals surface area contributed by atoms with Crippen molar-refractivity contribution < 1.29 is 9.90 Å². The number of rotatable bonds is 6. The SMILES string of the molecule is CCCNC(CN1CCN(C)C(C)C1)C(=O)O. The molecule has 0 aliphatic carbocycles. The van der Waals surface area contributed by atoms with Crippen LogP contribution in [-0.2, 0) is 4.79 Å². The van der Waals surface area contributed by atoms with E-state index in [1.54, 1.807) is 0 Å². The molecule has 1 rings (SSSR count). The zero-order valence-corrected chi connectivity index (χ0v) is 11.1. The molecule has 100 valence electrons. The Labute approximate surface area is 104 Å². The van der Waals surface area contributed by atoms with Crippen LogP contribution in [-0.4, -0.2) is 72.7 Å². The van der Waals surface area contributed by atoms with Crippen LogP contribution in [0.15, 0.2) is 0 Å². The summed E-state index contributed by atoms with van der Waals surface area (Å²) in [5.41, 5.74) is 0. The van der Waals surface area contributed by atoms with Crippen molar-refractivity contribution in [2.24, 2.45) is 0 Å². The predicted octanol–water partition coefficient (Wildman–Crippen LogP) is 0.0751. The third kappa shape index (κ3) is 4.61. The van der Waals surface area contributed by atoms with Crippen LogP contribution < -0.4 is 5.32 Å². The Morgan fingerprint density at radius 2 is 2.24 bits per heavy atom. The molecule has 1 fully saturated rings. The molecule has 5 nitrogen and oxygen atoms in total. The number of likely N-dealkylation sites (N-methyl/N-ethyl adjacent to an activating group) is 1. The summed E-state index contributed by atoms with van der Waals surface area (Å²) in [7, 11) is 2.12. The van der Waals surface area contributed by atoms with Gasteiger partial charge in [0, 0.05) is 32.2 Å². The summed E-state index contributed by atoms with van der Waals surface area (Å²) < 4.78 is 0. The number of hydrogen-bond donors (Lipinski definition) is 2. The number of carboxylic acids is 1. The lowest BCUT2D eigenvalue weighted by atomic mass is 10.1. The minimum absolute atomic E-state index is 0.439. The van der Waals surface area contributed by atoms with Gasteiger partial charge in [0.25, 0.3) is 0 Å². The van der Waals surface area contributed by atoms with Gasteiger partial charge in [0.05, 0.1) is 0 Å². The van der Waals surface area contributed by atoms with Crippen LogP contribution in [0.2, 0.25) is 0 Å². The maximum atomic E-state index is 11.1. The van der Waals surface area contributed by atoms with Gasteiger partial charge in [-0.25, -0.2) is 0 Å². The smallest absolute Gasteiger partial charge is 0.322 e. The predicted molar refractivity (Wildman–Crippen MR) is 68.2 cm³/mol. The fraction of sp³-hybridized carbons (Fsp3) is 0.917. The number of nitrogens with one attached hydrogen (secondary N) is 1. The van der Waals surface area contributed by atoms with E-state index < -0.39 is 12.0 Å². The Hall–Kier alpha value is -0.650. The third-order valence-electron chi connectivity index (χ3n) is 3.42. The number of carbonyl (C=O) groups is 1. The van der Waals surface area contributed by atoms with Crippen molar-refractivity contribution in [3.63, 3.8) is 0 Å². The second-order valence-electron chi connectivity index (χ2n) is 4.93. The van der Waals surface area contributed by atoms with Gasteiger partial charge in [-0.1, -0.05) is 6.92 Å². The Morgan fingerprint density at radius 3 is 2.76 bits per heavy atom. The largest absolute Gasteiger partial charge is 0.480 e. The van der Waals surface area contributed by atoms with E-state index in [2.05, 4.69) is 29.1 Å². The first-order valence-electron chi connectivity index (χ1n) is 6.43. The third-order valence-corrected chi connectivity index (χ3v) is 3.42. The number of hydrogen-bond acceptors (Lipinski definition) is 4. The number of aliphatic carboxylic acids is 1. The zero-order valence-electron chi connectivity index (χ0n) is 11.1. The van der Waals surface area contributed by atoms with Gasteiger partial charge in [0.1, 0.15) is 6.04 Å². The first-order valence-corrected chi connectivity index (χ1v) is 6.43. The minimum Gasteiger partial charge on any atom is -0.480 e. The normalized spacial score (nSPS) is 24.8. The van der Waals surface area contributed by atoms with Crippen molar-refractivity contribution >= 4 is 5.97 Å². The van der Waals surface area contributed by atoms with Crippen LogP contribution >= 0.6 is 0 Å². The van der Waals surface area contributed by atoms with Crippen molar-refractivity contribution in [2.45, 2.75) is 32.4 Å². The van der Waals surface area contributed by atoms with E-state index in [0.717, 1.165) is 32.6 Å². The second-order valence-corrected chi connectivity index (χ2v) is 4.93. The second kappa shape index (κ2) is 6.93. The lowest BCUT2D eigenvalue weighted by Crippen LogP contribution is -2.55. The number of nitrogens with zero attached hydrogens (tertiary/aromatic N) is 2. The van der Waals surface area contributed by atoms with E-state index >= 15 is 0 Å². The van der Waals surface area contributed by atoms with Crippen LogP contribution in [0, 0.1) is 0 Å². The molecule has 0 aromatic heterocycles. The first kappa shape index (κ1) is 14.4. The Morgan fingerprint density at radius 1 is 1.53 bits per heavy atom. The molecule has 0 aromatic rings. The summed E-state index contributed by atoms with van der Waals surface area (Å²) in [6.45, 7) is 8.52. The highest BCUT2D eigenvalue weighted by Crippen LogP contribution is 2.07. The summed E-state index contributed by atoms with van der Waals surface area (Å²) in [6.07, 6.45) is 0.961. The molecule has 1 heterocycles. The van der Waals surface area contributed by atoms with E-state index in [0.29, 0.717) is 12.6 Å². The first-order chi connectivity index (χ1) is 8.04. The van der Waals surface area contributed by atoms with Crippen LogP contribution in [0.25, 0.3) is 0 Å². The highest BCUT2D eigenvalue weighted by Gasteiger charge is 2.25. The average molecular weight is 243 g/mol. The average Bonchev–Trinajstić information content (AvgIpc) is 2.28. The number of carboxylic acid groups (broad SMARTS) is 1. The quantitative estimate of drug-likeness (QED) is 0.692. The molecule has 2 atom stereocenters. The topological polar surface area (TPSA) is 55.8 Å². The van der Waals surface area contributed by atoms with Crippen LogP contribution in [0.1, 0.15) is 20.3 Å².